The van der Waals surface area contributed by atoms with Crippen LogP contribution in [0.15, 0.2) is 48.5 Å². The van der Waals surface area contributed by atoms with Crippen molar-refractivity contribution in [1.82, 2.24) is 4.68 Å². The summed E-state index contributed by atoms with van der Waals surface area (Å²) in [6.45, 7) is 2.91. The third-order valence-corrected chi connectivity index (χ3v) is 4.87. The number of ether oxygens (including phenoxy) is 1. The number of nitrogens with two attached hydrogens (primary N) is 1. The predicted octanol–water partition coefficient (Wildman–Crippen LogP) is 4.06. The fourth-order valence-corrected chi connectivity index (χ4v) is 3.58. The van der Waals surface area contributed by atoms with Crippen LogP contribution in [0.3, 0.4) is 0 Å². The van der Waals surface area contributed by atoms with E-state index in [1.54, 1.807) is 0 Å². The van der Waals surface area contributed by atoms with Gasteiger partial charge in [-0.15, -0.1) is 0 Å². The number of hydrogen-bond acceptors (Lipinski definition) is 2. The molecule has 1 heterocycles. The molecule has 0 radical (unpaired) electrons. The van der Waals surface area contributed by atoms with Crippen molar-refractivity contribution in [2.45, 2.75) is 32.8 Å². The molecule has 4 rings (SSSR count). The van der Waals surface area contributed by atoms with E-state index < -0.39 is 0 Å². The third kappa shape index (κ3) is 2.56. The van der Waals surface area contributed by atoms with Gasteiger partial charge in [0.15, 0.2) is 0 Å². The zero-order valence-electron chi connectivity index (χ0n) is 13.5. The highest BCUT2D eigenvalue weighted by atomic mass is 16.5. The van der Waals surface area contributed by atoms with Gasteiger partial charge in [-0.25, -0.2) is 0 Å². The lowest BCUT2D eigenvalue weighted by Gasteiger charge is -2.19. The predicted molar refractivity (Wildman–Crippen MR) is 94.1 cm³/mol. The molecule has 118 valence electrons. The molecule has 3 nitrogen and oxygen atoms in total. The molecule has 1 aromatic heterocycles. The monoisotopic (exact) mass is 306 g/mol. The fraction of sp³-hybridized carbons (Fsp3) is 0.300. The molecule has 0 saturated carbocycles. The first-order chi connectivity index (χ1) is 11.2. The first-order valence-corrected chi connectivity index (χ1v) is 8.30. The zero-order valence-corrected chi connectivity index (χ0v) is 13.5. The van der Waals surface area contributed by atoms with E-state index in [1.807, 2.05) is 28.9 Å². The van der Waals surface area contributed by atoms with E-state index in [2.05, 4.69) is 31.2 Å². The summed E-state index contributed by atoms with van der Waals surface area (Å²) in [5.41, 5.74) is 4.99. The van der Waals surface area contributed by atoms with Gasteiger partial charge in [0.2, 0.25) is 0 Å². The molecule has 3 heteroatoms. The van der Waals surface area contributed by atoms with Crippen LogP contribution in [0.25, 0.3) is 10.9 Å². The van der Waals surface area contributed by atoms with Crippen molar-refractivity contribution in [3.63, 3.8) is 0 Å². The molecular weight excluding hydrogens is 284 g/mol. The summed E-state index contributed by atoms with van der Waals surface area (Å²) in [7, 11) is 0. The Morgan fingerprint density at radius 1 is 1.17 bits per heavy atom. The van der Waals surface area contributed by atoms with Crippen molar-refractivity contribution in [2.24, 2.45) is 5.92 Å². The van der Waals surface area contributed by atoms with Crippen LogP contribution in [0.4, 0.5) is 0 Å². The molecule has 3 aromatic rings. The van der Waals surface area contributed by atoms with E-state index in [0.717, 1.165) is 30.0 Å². The van der Waals surface area contributed by atoms with Gasteiger partial charge in [-0.2, -0.15) is 0 Å². The highest BCUT2D eigenvalue weighted by molar-refractivity contribution is 5.87. The van der Waals surface area contributed by atoms with Crippen molar-refractivity contribution in [2.75, 3.05) is 5.84 Å². The second-order valence-electron chi connectivity index (χ2n) is 6.60. The van der Waals surface area contributed by atoms with Crippen LogP contribution in [0.1, 0.15) is 30.2 Å². The average Bonchev–Trinajstić information content (AvgIpc) is 2.86. The Labute approximate surface area is 136 Å². The normalized spacial score (nSPS) is 17.2. The van der Waals surface area contributed by atoms with E-state index in [0.29, 0.717) is 6.61 Å². The van der Waals surface area contributed by atoms with Crippen molar-refractivity contribution >= 4 is 10.9 Å². The minimum absolute atomic E-state index is 0.592. The molecule has 0 bridgehead atoms. The highest BCUT2D eigenvalue weighted by Crippen LogP contribution is 2.34. The van der Waals surface area contributed by atoms with Gasteiger partial charge in [0.25, 0.3) is 0 Å². The summed E-state index contributed by atoms with van der Waals surface area (Å²) >= 11 is 0. The number of hydrogen-bond donors (Lipinski definition) is 1. The SMILES string of the molecule is CC1CCc2c(c3cc(OCc4ccccc4)ccc3n2N)C1. The molecule has 0 saturated heterocycles. The molecule has 2 aromatic carbocycles. The van der Waals surface area contributed by atoms with Crippen LogP contribution in [0.2, 0.25) is 0 Å². The molecule has 0 spiro atoms. The van der Waals surface area contributed by atoms with Gasteiger partial charge in [0.05, 0.1) is 5.52 Å². The summed E-state index contributed by atoms with van der Waals surface area (Å²) in [6.07, 6.45) is 3.40. The first kappa shape index (κ1) is 14.2. The van der Waals surface area contributed by atoms with E-state index in [-0.39, 0.29) is 0 Å². The van der Waals surface area contributed by atoms with Crippen molar-refractivity contribution < 1.29 is 4.74 Å². The first-order valence-electron chi connectivity index (χ1n) is 8.30. The largest absolute Gasteiger partial charge is 0.489 e. The summed E-state index contributed by atoms with van der Waals surface area (Å²) in [4.78, 5) is 0. The molecule has 23 heavy (non-hydrogen) atoms. The van der Waals surface area contributed by atoms with Gasteiger partial charge >= 0.3 is 0 Å². The zero-order chi connectivity index (χ0) is 15.8. The molecule has 1 unspecified atom stereocenters. The Bertz CT molecular complexity index is 836. The Hall–Kier alpha value is -2.42. The Morgan fingerprint density at radius 3 is 2.83 bits per heavy atom. The average molecular weight is 306 g/mol. The fourth-order valence-electron chi connectivity index (χ4n) is 3.58. The van der Waals surface area contributed by atoms with Gasteiger partial charge in [0.1, 0.15) is 12.4 Å². The Morgan fingerprint density at radius 2 is 2.00 bits per heavy atom. The number of nitrogens with zero attached hydrogens (tertiary/aromatic N) is 1. The number of aromatic nitrogens is 1. The summed E-state index contributed by atoms with van der Waals surface area (Å²) < 4.78 is 7.85. The Kier molecular flexibility index (Phi) is 3.49. The number of fused-ring (bicyclic) bond motifs is 3. The van der Waals surface area contributed by atoms with Crippen LogP contribution in [0, 0.1) is 5.92 Å². The highest BCUT2D eigenvalue weighted by Gasteiger charge is 2.22. The summed E-state index contributed by atoms with van der Waals surface area (Å²) in [5, 5.41) is 1.25. The van der Waals surface area contributed by atoms with E-state index in [4.69, 9.17) is 10.6 Å². The third-order valence-electron chi connectivity index (χ3n) is 4.87. The maximum Gasteiger partial charge on any atom is 0.120 e. The quantitative estimate of drug-likeness (QED) is 0.741. The minimum Gasteiger partial charge on any atom is -0.489 e. The standard InChI is InChI=1S/C20H22N2O/c1-14-7-9-19-17(11-14)18-12-16(8-10-20(18)22(19)21)23-13-15-5-3-2-4-6-15/h2-6,8,10,12,14H,7,9,11,13,21H2,1H3. The second-order valence-corrected chi connectivity index (χ2v) is 6.60. The lowest BCUT2D eigenvalue weighted by atomic mass is 9.88. The van der Waals surface area contributed by atoms with Gasteiger partial charge in [-0.05, 0) is 54.5 Å². The molecule has 1 atom stereocenters. The minimum atomic E-state index is 0.592. The maximum absolute atomic E-state index is 6.30. The van der Waals surface area contributed by atoms with E-state index in [9.17, 15) is 0 Å². The maximum atomic E-state index is 6.30. The van der Waals surface area contributed by atoms with Crippen LogP contribution < -0.4 is 10.6 Å². The number of benzene rings is 2. The molecule has 0 aliphatic heterocycles. The van der Waals surface area contributed by atoms with Crippen LogP contribution in [-0.4, -0.2) is 4.68 Å². The molecule has 2 N–H and O–H groups in total. The lowest BCUT2D eigenvalue weighted by molar-refractivity contribution is 0.306. The topological polar surface area (TPSA) is 40.2 Å². The van der Waals surface area contributed by atoms with E-state index in [1.165, 1.54) is 28.6 Å². The summed E-state index contributed by atoms with van der Waals surface area (Å²) in [6, 6.07) is 16.5. The summed E-state index contributed by atoms with van der Waals surface area (Å²) in [5.74, 6) is 7.93. The number of rotatable bonds is 3. The van der Waals surface area contributed by atoms with Crippen molar-refractivity contribution in [1.29, 1.82) is 0 Å². The lowest BCUT2D eigenvalue weighted by Crippen LogP contribution is -2.17. The van der Waals surface area contributed by atoms with E-state index >= 15 is 0 Å². The van der Waals surface area contributed by atoms with Crippen LogP contribution in [0.5, 0.6) is 5.75 Å². The van der Waals surface area contributed by atoms with Crippen LogP contribution >= 0.6 is 0 Å². The van der Waals surface area contributed by atoms with Gasteiger partial charge in [-0.1, -0.05) is 37.3 Å². The Balaban J connectivity index is 1.66. The smallest absolute Gasteiger partial charge is 0.120 e. The van der Waals surface area contributed by atoms with Crippen molar-refractivity contribution in [3.8, 4) is 5.75 Å². The second kappa shape index (κ2) is 5.65. The number of nitrogen functional groups attached to an aromatic ring is 1. The molecule has 0 amide bonds. The molecule has 0 fully saturated rings. The van der Waals surface area contributed by atoms with Crippen LogP contribution in [-0.2, 0) is 19.4 Å². The van der Waals surface area contributed by atoms with Gasteiger partial charge in [-0.3, -0.25) is 4.68 Å². The molecule has 1 aliphatic carbocycles. The van der Waals surface area contributed by atoms with Crippen molar-refractivity contribution in [3.05, 3.63) is 65.4 Å². The molecule has 1 aliphatic rings. The molecular formula is C20H22N2O. The van der Waals surface area contributed by atoms with Gasteiger partial charge in [0, 0.05) is 11.1 Å². The van der Waals surface area contributed by atoms with Gasteiger partial charge < -0.3 is 10.6 Å².